The maximum absolute atomic E-state index is 5.79. The van der Waals surface area contributed by atoms with Crippen molar-refractivity contribution in [2.24, 2.45) is 0 Å². The zero-order chi connectivity index (χ0) is 13.0. The molecule has 94 valence electrons. The van der Waals surface area contributed by atoms with E-state index in [1.54, 1.807) is 6.20 Å². The molecule has 4 nitrogen and oxygen atoms in total. The summed E-state index contributed by atoms with van der Waals surface area (Å²) in [4.78, 5) is 8.54. The molecule has 0 amide bonds. The Hall–Kier alpha value is -1.37. The van der Waals surface area contributed by atoms with E-state index in [-0.39, 0.29) is 0 Å². The number of nitrogens with two attached hydrogens (primary N) is 1. The van der Waals surface area contributed by atoms with Crippen LogP contribution in [0, 0.1) is 3.57 Å². The lowest BCUT2D eigenvalue weighted by atomic mass is 10.2. The second kappa shape index (κ2) is 5.99. The summed E-state index contributed by atoms with van der Waals surface area (Å²) >= 11 is 2.11. The molecule has 0 atom stereocenters. The summed E-state index contributed by atoms with van der Waals surface area (Å²) < 4.78 is 6.44. The van der Waals surface area contributed by atoms with Gasteiger partial charge in [0, 0.05) is 11.8 Å². The fraction of sp³-hybridized carbons (Fsp3) is 0.231. The first-order valence-electron chi connectivity index (χ1n) is 5.72. The number of nitrogen functional groups attached to an aromatic ring is 1. The lowest BCUT2D eigenvalue weighted by molar-refractivity contribution is 0.317. The highest BCUT2D eigenvalue weighted by Gasteiger charge is 2.05. The van der Waals surface area contributed by atoms with E-state index in [1.165, 1.54) is 0 Å². The molecule has 0 saturated heterocycles. The molecule has 0 spiro atoms. The molecule has 5 heteroatoms. The highest BCUT2D eigenvalue weighted by Crippen LogP contribution is 2.22. The van der Waals surface area contributed by atoms with E-state index >= 15 is 0 Å². The summed E-state index contributed by atoms with van der Waals surface area (Å²) in [6.45, 7) is 2.78. The molecule has 0 bridgehead atoms. The molecule has 1 heterocycles. The fourth-order valence-electron chi connectivity index (χ4n) is 1.46. The number of hydrogen-bond donors (Lipinski definition) is 1. The third-order valence-electron chi connectivity index (χ3n) is 2.34. The number of ether oxygens (including phenoxy) is 1. The Bertz CT molecular complexity index is 546. The topological polar surface area (TPSA) is 61.0 Å². The van der Waals surface area contributed by atoms with Crippen molar-refractivity contribution in [3.8, 4) is 17.1 Å². The maximum Gasteiger partial charge on any atom is 0.161 e. The molecule has 2 rings (SSSR count). The zero-order valence-corrected chi connectivity index (χ0v) is 12.2. The summed E-state index contributed by atoms with van der Waals surface area (Å²) in [6, 6.07) is 7.73. The molecule has 18 heavy (non-hydrogen) atoms. The van der Waals surface area contributed by atoms with Crippen molar-refractivity contribution in [2.75, 3.05) is 12.3 Å². The van der Waals surface area contributed by atoms with Crippen molar-refractivity contribution in [1.82, 2.24) is 9.97 Å². The summed E-state index contributed by atoms with van der Waals surface area (Å²) in [6.07, 6.45) is 2.70. The molecular weight excluding hydrogens is 341 g/mol. The van der Waals surface area contributed by atoms with Crippen molar-refractivity contribution in [2.45, 2.75) is 13.3 Å². The van der Waals surface area contributed by atoms with Crippen LogP contribution in [-0.2, 0) is 0 Å². The highest BCUT2D eigenvalue weighted by atomic mass is 127. The molecule has 2 N–H and O–H groups in total. The average Bonchev–Trinajstić information content (AvgIpc) is 2.40. The predicted octanol–water partition coefficient (Wildman–Crippen LogP) is 3.12. The molecule has 2 aromatic rings. The normalized spacial score (nSPS) is 10.3. The van der Waals surface area contributed by atoms with Gasteiger partial charge in [-0.3, -0.25) is 0 Å². The van der Waals surface area contributed by atoms with Gasteiger partial charge in [0.1, 0.15) is 11.6 Å². The van der Waals surface area contributed by atoms with Crippen LogP contribution in [0.5, 0.6) is 5.75 Å². The molecule has 0 aliphatic carbocycles. The third-order valence-corrected chi connectivity index (χ3v) is 3.17. The smallest absolute Gasteiger partial charge is 0.161 e. The molecule has 0 aliphatic rings. The summed E-state index contributed by atoms with van der Waals surface area (Å²) in [5.74, 6) is 1.95. The monoisotopic (exact) mass is 355 g/mol. The van der Waals surface area contributed by atoms with E-state index in [1.807, 2.05) is 24.3 Å². The number of halogens is 1. The van der Waals surface area contributed by atoms with Crippen LogP contribution in [0.3, 0.4) is 0 Å². The summed E-state index contributed by atoms with van der Waals surface area (Å²) in [5, 5.41) is 0. The molecule has 1 aromatic carbocycles. The Balaban J connectivity index is 2.29. The van der Waals surface area contributed by atoms with Crippen LogP contribution in [0.4, 0.5) is 5.82 Å². The van der Waals surface area contributed by atoms with E-state index < -0.39 is 0 Å². The Labute approximate surface area is 120 Å². The zero-order valence-electron chi connectivity index (χ0n) is 10.1. The highest BCUT2D eigenvalue weighted by molar-refractivity contribution is 14.1. The van der Waals surface area contributed by atoms with Crippen molar-refractivity contribution in [1.29, 1.82) is 0 Å². The van der Waals surface area contributed by atoms with Crippen molar-refractivity contribution in [3.63, 3.8) is 0 Å². The number of aromatic nitrogens is 2. The molecule has 1 aromatic heterocycles. The Morgan fingerprint density at radius 2 is 2.22 bits per heavy atom. The van der Waals surface area contributed by atoms with Gasteiger partial charge in [0.15, 0.2) is 5.82 Å². The Morgan fingerprint density at radius 1 is 1.39 bits per heavy atom. The minimum absolute atomic E-state index is 0.500. The molecule has 0 fully saturated rings. The van der Waals surface area contributed by atoms with Gasteiger partial charge in [0.25, 0.3) is 0 Å². The van der Waals surface area contributed by atoms with Gasteiger partial charge in [0.05, 0.1) is 10.2 Å². The number of rotatable bonds is 4. The van der Waals surface area contributed by atoms with Gasteiger partial charge in [0.2, 0.25) is 0 Å². The minimum atomic E-state index is 0.500. The Kier molecular flexibility index (Phi) is 4.35. The van der Waals surface area contributed by atoms with Crippen molar-refractivity contribution >= 4 is 28.4 Å². The lowest BCUT2D eigenvalue weighted by Crippen LogP contribution is -1.99. The first-order valence-corrected chi connectivity index (χ1v) is 6.80. The van der Waals surface area contributed by atoms with Crippen LogP contribution in [0.25, 0.3) is 11.4 Å². The van der Waals surface area contributed by atoms with Crippen LogP contribution in [0.15, 0.2) is 30.5 Å². The van der Waals surface area contributed by atoms with Gasteiger partial charge in [-0.25, -0.2) is 9.97 Å². The minimum Gasteiger partial charge on any atom is -0.494 e. The van der Waals surface area contributed by atoms with Gasteiger partial charge in [-0.1, -0.05) is 19.1 Å². The first-order chi connectivity index (χ1) is 8.70. The van der Waals surface area contributed by atoms with Crippen LogP contribution < -0.4 is 10.5 Å². The van der Waals surface area contributed by atoms with E-state index in [9.17, 15) is 0 Å². The van der Waals surface area contributed by atoms with Gasteiger partial charge < -0.3 is 10.5 Å². The fourth-order valence-corrected chi connectivity index (χ4v) is 1.72. The van der Waals surface area contributed by atoms with E-state index in [2.05, 4.69) is 39.5 Å². The summed E-state index contributed by atoms with van der Waals surface area (Å²) in [5.41, 5.74) is 6.70. The molecular formula is C13H14IN3O. The third kappa shape index (κ3) is 3.10. The second-order valence-corrected chi connectivity index (χ2v) is 4.97. The van der Waals surface area contributed by atoms with Gasteiger partial charge in [-0.05, 0) is 41.1 Å². The van der Waals surface area contributed by atoms with E-state index in [0.29, 0.717) is 18.2 Å². The summed E-state index contributed by atoms with van der Waals surface area (Å²) in [7, 11) is 0. The number of nitrogens with zero attached hydrogens (tertiary/aromatic N) is 2. The molecule has 0 radical (unpaired) electrons. The van der Waals surface area contributed by atoms with Gasteiger partial charge in [-0.2, -0.15) is 0 Å². The number of anilines is 1. The molecule has 0 saturated carbocycles. The van der Waals surface area contributed by atoms with Crippen molar-refractivity contribution < 1.29 is 4.74 Å². The SMILES string of the molecule is CCCOc1cccc(-c2ncc(I)c(N)n2)c1. The van der Waals surface area contributed by atoms with Gasteiger partial charge in [-0.15, -0.1) is 0 Å². The van der Waals surface area contributed by atoms with E-state index in [0.717, 1.165) is 21.3 Å². The Morgan fingerprint density at radius 3 is 2.94 bits per heavy atom. The predicted molar refractivity (Wildman–Crippen MR) is 80.4 cm³/mol. The molecule has 0 aliphatic heterocycles. The van der Waals surface area contributed by atoms with Crippen LogP contribution in [0.2, 0.25) is 0 Å². The first kappa shape index (κ1) is 13.1. The quantitative estimate of drug-likeness (QED) is 0.857. The van der Waals surface area contributed by atoms with Gasteiger partial charge >= 0.3 is 0 Å². The van der Waals surface area contributed by atoms with E-state index in [4.69, 9.17) is 10.5 Å². The maximum atomic E-state index is 5.79. The van der Waals surface area contributed by atoms with Crippen LogP contribution >= 0.6 is 22.6 Å². The lowest BCUT2D eigenvalue weighted by Gasteiger charge is -2.07. The second-order valence-electron chi connectivity index (χ2n) is 3.80. The molecule has 0 unspecified atom stereocenters. The van der Waals surface area contributed by atoms with Crippen molar-refractivity contribution in [3.05, 3.63) is 34.0 Å². The largest absolute Gasteiger partial charge is 0.494 e. The number of benzene rings is 1. The van der Waals surface area contributed by atoms with Crippen LogP contribution in [-0.4, -0.2) is 16.6 Å². The van der Waals surface area contributed by atoms with Crippen LogP contribution in [0.1, 0.15) is 13.3 Å². The number of hydrogen-bond acceptors (Lipinski definition) is 4. The standard InChI is InChI=1S/C13H14IN3O/c1-2-6-18-10-5-3-4-9(7-10)13-16-8-11(14)12(15)17-13/h3-5,7-8H,2,6H2,1H3,(H2,15,16,17). The average molecular weight is 355 g/mol.